The Morgan fingerprint density at radius 2 is 1.80 bits per heavy atom. The minimum Gasteiger partial charge on any atom is -0.496 e. The normalized spacial score (nSPS) is 14.6. The Labute approximate surface area is 181 Å². The summed E-state index contributed by atoms with van der Waals surface area (Å²) >= 11 is 1.41. The second-order valence-corrected chi connectivity index (χ2v) is 8.68. The Morgan fingerprint density at radius 3 is 2.53 bits per heavy atom. The summed E-state index contributed by atoms with van der Waals surface area (Å²) < 4.78 is 7.34. The maximum Gasteiger partial charge on any atom is 0.191 e. The fourth-order valence-corrected chi connectivity index (χ4v) is 4.90. The van der Waals surface area contributed by atoms with Crippen LogP contribution in [0.1, 0.15) is 53.9 Å². The SMILES string of the molecule is COc1ccccc1-c1nnc(SCC(=O)c2ccc(C3CCCCC3)cc2)n1C. The highest BCUT2D eigenvalue weighted by molar-refractivity contribution is 7.99. The van der Waals surface area contributed by atoms with Gasteiger partial charge in [0.25, 0.3) is 0 Å². The number of ketones is 1. The number of benzene rings is 2. The third kappa shape index (κ3) is 4.43. The zero-order valence-electron chi connectivity index (χ0n) is 17.5. The molecule has 0 atom stereocenters. The van der Waals surface area contributed by atoms with E-state index in [0.717, 1.165) is 22.7 Å². The Morgan fingerprint density at radius 1 is 1.07 bits per heavy atom. The van der Waals surface area contributed by atoms with Gasteiger partial charge in [-0.15, -0.1) is 10.2 Å². The molecular weight excluding hydrogens is 394 g/mol. The summed E-state index contributed by atoms with van der Waals surface area (Å²) in [5.41, 5.74) is 3.01. The number of aromatic nitrogens is 3. The molecule has 4 rings (SSSR count). The molecule has 0 bridgehead atoms. The lowest BCUT2D eigenvalue weighted by Crippen LogP contribution is -2.07. The average Bonchev–Trinajstić information content (AvgIpc) is 3.18. The quantitative estimate of drug-likeness (QED) is 0.372. The molecule has 5 nitrogen and oxygen atoms in total. The molecule has 1 saturated carbocycles. The number of ether oxygens (including phenoxy) is 1. The zero-order valence-corrected chi connectivity index (χ0v) is 18.3. The molecule has 30 heavy (non-hydrogen) atoms. The van der Waals surface area contributed by atoms with Gasteiger partial charge in [0.2, 0.25) is 0 Å². The van der Waals surface area contributed by atoms with Gasteiger partial charge in [0, 0.05) is 12.6 Å². The van der Waals surface area contributed by atoms with Crippen LogP contribution in [0.15, 0.2) is 53.7 Å². The first-order valence-corrected chi connectivity index (χ1v) is 11.4. The number of methoxy groups -OCH3 is 1. The van der Waals surface area contributed by atoms with Crippen molar-refractivity contribution in [1.82, 2.24) is 14.8 Å². The molecule has 1 aliphatic rings. The van der Waals surface area contributed by atoms with Crippen LogP contribution >= 0.6 is 11.8 Å². The average molecular weight is 422 g/mol. The van der Waals surface area contributed by atoms with Crippen LogP contribution in [-0.4, -0.2) is 33.4 Å². The highest BCUT2D eigenvalue weighted by Gasteiger charge is 2.18. The number of rotatable bonds is 7. The zero-order chi connectivity index (χ0) is 20.9. The highest BCUT2D eigenvalue weighted by Crippen LogP contribution is 2.33. The number of Topliss-reactive ketones (excluding diaryl/α,β-unsaturated/α-hetero) is 1. The first kappa shape index (κ1) is 20.7. The molecule has 0 amide bonds. The number of hydrogen-bond donors (Lipinski definition) is 0. The third-order valence-electron chi connectivity index (χ3n) is 5.82. The van der Waals surface area contributed by atoms with E-state index in [4.69, 9.17) is 4.74 Å². The molecule has 1 heterocycles. The highest BCUT2D eigenvalue weighted by atomic mass is 32.2. The van der Waals surface area contributed by atoms with E-state index in [-0.39, 0.29) is 5.78 Å². The van der Waals surface area contributed by atoms with Crippen LogP contribution in [0.4, 0.5) is 0 Å². The second kappa shape index (κ2) is 9.47. The van der Waals surface area contributed by atoms with Crippen LogP contribution < -0.4 is 4.74 Å². The van der Waals surface area contributed by atoms with Crippen LogP contribution in [0.5, 0.6) is 5.75 Å². The van der Waals surface area contributed by atoms with Crippen molar-refractivity contribution in [3.8, 4) is 17.1 Å². The summed E-state index contributed by atoms with van der Waals surface area (Å²) in [5, 5.41) is 9.30. The molecule has 0 N–H and O–H groups in total. The van der Waals surface area contributed by atoms with E-state index in [1.807, 2.05) is 48.0 Å². The number of thioether (sulfide) groups is 1. The molecule has 0 radical (unpaired) electrons. The molecule has 0 aliphatic heterocycles. The number of carbonyl (C=O) groups is 1. The summed E-state index contributed by atoms with van der Waals surface area (Å²) in [5.74, 6) is 2.57. The van der Waals surface area contributed by atoms with E-state index in [0.29, 0.717) is 16.8 Å². The summed E-state index contributed by atoms with van der Waals surface area (Å²) in [4.78, 5) is 12.7. The van der Waals surface area contributed by atoms with Crippen molar-refractivity contribution < 1.29 is 9.53 Å². The molecule has 1 fully saturated rings. The molecule has 0 spiro atoms. The fourth-order valence-electron chi connectivity index (χ4n) is 4.10. The molecular formula is C24H27N3O2S. The van der Waals surface area contributed by atoms with E-state index < -0.39 is 0 Å². The Balaban J connectivity index is 1.41. The maximum atomic E-state index is 12.7. The Bertz CT molecular complexity index is 1010. The van der Waals surface area contributed by atoms with Gasteiger partial charge in [-0.05, 0) is 36.5 Å². The first-order valence-electron chi connectivity index (χ1n) is 10.5. The molecule has 3 aromatic rings. The summed E-state index contributed by atoms with van der Waals surface area (Å²) in [6.07, 6.45) is 6.52. The standard InChI is InChI=1S/C24H27N3O2S/c1-27-23(20-10-6-7-11-22(20)29-2)25-26-24(27)30-16-21(28)19-14-12-18(13-15-19)17-8-4-3-5-9-17/h6-7,10-15,17H,3-5,8-9,16H2,1-2H3. The number of carbonyl (C=O) groups excluding carboxylic acids is 1. The van der Waals surface area contributed by atoms with Crippen molar-refractivity contribution in [2.45, 2.75) is 43.2 Å². The Kier molecular flexibility index (Phi) is 6.53. The summed E-state index contributed by atoms with van der Waals surface area (Å²) in [6.45, 7) is 0. The van der Waals surface area contributed by atoms with Gasteiger partial charge in [0.05, 0.1) is 18.4 Å². The van der Waals surface area contributed by atoms with Crippen molar-refractivity contribution in [2.75, 3.05) is 12.9 Å². The lowest BCUT2D eigenvalue weighted by molar-refractivity contribution is 0.102. The Hall–Kier alpha value is -2.60. The van der Waals surface area contributed by atoms with Crippen molar-refractivity contribution >= 4 is 17.5 Å². The van der Waals surface area contributed by atoms with Gasteiger partial charge >= 0.3 is 0 Å². The first-order chi connectivity index (χ1) is 14.7. The molecule has 156 valence electrons. The van der Waals surface area contributed by atoms with E-state index in [1.54, 1.807) is 7.11 Å². The predicted octanol–water partition coefficient (Wildman–Crippen LogP) is 5.51. The van der Waals surface area contributed by atoms with Crippen LogP contribution in [0, 0.1) is 0 Å². The summed E-state index contributed by atoms with van der Waals surface area (Å²) in [7, 11) is 3.55. The summed E-state index contributed by atoms with van der Waals surface area (Å²) in [6, 6.07) is 15.9. The van der Waals surface area contributed by atoms with Gasteiger partial charge in [-0.1, -0.05) is 67.4 Å². The minimum absolute atomic E-state index is 0.108. The van der Waals surface area contributed by atoms with Crippen molar-refractivity contribution in [2.24, 2.45) is 7.05 Å². The van der Waals surface area contributed by atoms with Crippen molar-refractivity contribution in [3.05, 3.63) is 59.7 Å². The number of nitrogens with zero attached hydrogens (tertiary/aromatic N) is 3. The molecule has 1 aliphatic carbocycles. The van der Waals surface area contributed by atoms with Crippen molar-refractivity contribution in [1.29, 1.82) is 0 Å². The van der Waals surface area contributed by atoms with Gasteiger partial charge in [-0.2, -0.15) is 0 Å². The number of para-hydroxylation sites is 1. The fraction of sp³-hybridized carbons (Fsp3) is 0.375. The van der Waals surface area contributed by atoms with Gasteiger partial charge in [0.1, 0.15) is 5.75 Å². The van der Waals surface area contributed by atoms with E-state index in [2.05, 4.69) is 22.3 Å². The molecule has 0 unspecified atom stereocenters. The van der Waals surface area contributed by atoms with Crippen LogP contribution in [0.2, 0.25) is 0 Å². The van der Waals surface area contributed by atoms with Crippen molar-refractivity contribution in [3.63, 3.8) is 0 Å². The minimum atomic E-state index is 0.108. The van der Waals surface area contributed by atoms with Gasteiger partial charge in [-0.3, -0.25) is 4.79 Å². The number of hydrogen-bond acceptors (Lipinski definition) is 5. The predicted molar refractivity (Wildman–Crippen MR) is 120 cm³/mol. The largest absolute Gasteiger partial charge is 0.496 e. The smallest absolute Gasteiger partial charge is 0.191 e. The maximum absolute atomic E-state index is 12.7. The molecule has 6 heteroatoms. The monoisotopic (exact) mass is 421 g/mol. The van der Waals surface area contributed by atoms with E-state index in [9.17, 15) is 4.79 Å². The lowest BCUT2D eigenvalue weighted by atomic mass is 9.84. The van der Waals surface area contributed by atoms with Gasteiger partial charge in [-0.25, -0.2) is 0 Å². The van der Waals surface area contributed by atoms with E-state index >= 15 is 0 Å². The third-order valence-corrected chi connectivity index (χ3v) is 6.84. The lowest BCUT2D eigenvalue weighted by Gasteiger charge is -2.22. The second-order valence-electron chi connectivity index (χ2n) is 7.73. The molecule has 1 aromatic heterocycles. The van der Waals surface area contributed by atoms with E-state index in [1.165, 1.54) is 49.4 Å². The molecule has 0 saturated heterocycles. The molecule has 2 aromatic carbocycles. The van der Waals surface area contributed by atoms with Gasteiger partial charge < -0.3 is 9.30 Å². The van der Waals surface area contributed by atoms with Crippen LogP contribution in [0.3, 0.4) is 0 Å². The van der Waals surface area contributed by atoms with Crippen LogP contribution in [-0.2, 0) is 7.05 Å². The van der Waals surface area contributed by atoms with Crippen LogP contribution in [0.25, 0.3) is 11.4 Å². The topological polar surface area (TPSA) is 57.0 Å². The van der Waals surface area contributed by atoms with Gasteiger partial charge in [0.15, 0.2) is 16.8 Å².